The van der Waals surface area contributed by atoms with E-state index in [1.54, 1.807) is 12.1 Å². The van der Waals surface area contributed by atoms with Crippen molar-refractivity contribution in [1.82, 2.24) is 4.90 Å². The van der Waals surface area contributed by atoms with Crippen molar-refractivity contribution in [1.29, 1.82) is 0 Å². The summed E-state index contributed by atoms with van der Waals surface area (Å²) in [7, 11) is 1.40. The third-order valence-electron chi connectivity index (χ3n) is 4.27. The van der Waals surface area contributed by atoms with E-state index in [0.717, 1.165) is 28.2 Å². The van der Waals surface area contributed by atoms with Gasteiger partial charge in [-0.05, 0) is 49.2 Å². The number of nitrogens with zero attached hydrogens (tertiary/aromatic N) is 1. The topological polar surface area (TPSA) is 58.6 Å². The van der Waals surface area contributed by atoms with Crippen LogP contribution in [-0.2, 0) is 15.8 Å². The van der Waals surface area contributed by atoms with Gasteiger partial charge < -0.3 is 15.0 Å². The molecule has 0 saturated heterocycles. The number of anilines is 1. The Bertz CT molecular complexity index is 916. The summed E-state index contributed by atoms with van der Waals surface area (Å²) in [6.07, 6.45) is -4.64. The van der Waals surface area contributed by atoms with Crippen LogP contribution in [-0.4, -0.2) is 36.9 Å². The molecule has 0 aliphatic carbocycles. The van der Waals surface area contributed by atoms with Gasteiger partial charge in [0.05, 0.1) is 17.1 Å². The Hall–Kier alpha value is -2.74. The van der Waals surface area contributed by atoms with Crippen molar-refractivity contribution in [2.24, 2.45) is 0 Å². The van der Waals surface area contributed by atoms with E-state index in [1.807, 2.05) is 19.9 Å². The van der Waals surface area contributed by atoms with Crippen molar-refractivity contribution in [3.63, 3.8) is 0 Å². The molecule has 0 unspecified atom stereocenters. The van der Waals surface area contributed by atoms with Crippen LogP contribution in [0.3, 0.4) is 0 Å². The number of nitrogens with one attached hydrogen (secondary N) is 1. The van der Waals surface area contributed by atoms with Gasteiger partial charge in [-0.25, -0.2) is 0 Å². The summed E-state index contributed by atoms with van der Waals surface area (Å²) in [5.41, 5.74) is 0.801. The Kier molecular flexibility index (Phi) is 7.13. The zero-order chi connectivity index (χ0) is 21.8. The number of rotatable bonds is 6. The lowest BCUT2D eigenvalue weighted by molar-refractivity contribution is -0.137. The highest BCUT2D eigenvalue weighted by molar-refractivity contribution is 6.31. The van der Waals surface area contributed by atoms with Gasteiger partial charge in [0.15, 0.2) is 6.61 Å². The van der Waals surface area contributed by atoms with Gasteiger partial charge in [0.2, 0.25) is 5.91 Å². The predicted molar refractivity (Wildman–Crippen MR) is 104 cm³/mol. The van der Waals surface area contributed by atoms with Gasteiger partial charge in [-0.15, -0.1) is 0 Å². The summed E-state index contributed by atoms with van der Waals surface area (Å²) in [6.45, 7) is 3.17. The smallest absolute Gasteiger partial charge is 0.417 e. The second-order valence-electron chi connectivity index (χ2n) is 6.48. The summed E-state index contributed by atoms with van der Waals surface area (Å²) < 4.78 is 44.2. The molecule has 0 fully saturated rings. The van der Waals surface area contributed by atoms with E-state index in [1.165, 1.54) is 13.1 Å². The lowest BCUT2D eigenvalue weighted by Crippen LogP contribution is -2.37. The second-order valence-corrected chi connectivity index (χ2v) is 6.88. The van der Waals surface area contributed by atoms with Gasteiger partial charge in [0, 0.05) is 12.7 Å². The van der Waals surface area contributed by atoms with Crippen molar-refractivity contribution in [3.8, 4) is 5.75 Å². The third kappa shape index (κ3) is 6.12. The van der Waals surface area contributed by atoms with Gasteiger partial charge in [0.25, 0.3) is 5.91 Å². The highest BCUT2D eigenvalue weighted by atomic mass is 35.5. The SMILES string of the molecule is Cc1cccc(OCC(=O)N(C)CC(=O)Nc2ccc(Cl)c(C(F)(F)F)c2)c1C. The number of aryl methyl sites for hydroxylation is 1. The average Bonchev–Trinajstić information content (AvgIpc) is 2.63. The average molecular weight is 429 g/mol. The van der Waals surface area contributed by atoms with Crippen molar-refractivity contribution in [2.75, 3.05) is 25.5 Å². The van der Waals surface area contributed by atoms with E-state index >= 15 is 0 Å². The quantitative estimate of drug-likeness (QED) is 0.739. The number of halogens is 4. The molecule has 0 saturated carbocycles. The van der Waals surface area contributed by atoms with Gasteiger partial charge in [-0.2, -0.15) is 13.2 Å². The van der Waals surface area contributed by atoms with Gasteiger partial charge in [-0.3, -0.25) is 9.59 Å². The minimum absolute atomic E-state index is 0.0702. The first kappa shape index (κ1) is 22.5. The van der Waals surface area contributed by atoms with E-state index in [-0.39, 0.29) is 18.8 Å². The number of ether oxygens (including phenoxy) is 1. The second kappa shape index (κ2) is 9.17. The Morgan fingerprint density at radius 1 is 1.17 bits per heavy atom. The summed E-state index contributed by atoms with van der Waals surface area (Å²) in [5, 5.41) is 1.86. The van der Waals surface area contributed by atoms with Gasteiger partial charge in [-0.1, -0.05) is 23.7 Å². The molecule has 5 nitrogen and oxygen atoms in total. The molecule has 9 heteroatoms. The van der Waals surface area contributed by atoms with E-state index in [9.17, 15) is 22.8 Å². The number of carbonyl (C=O) groups is 2. The van der Waals surface area contributed by atoms with Crippen LogP contribution in [0.2, 0.25) is 5.02 Å². The Morgan fingerprint density at radius 3 is 2.52 bits per heavy atom. The van der Waals surface area contributed by atoms with Crippen molar-refractivity contribution in [2.45, 2.75) is 20.0 Å². The Balaban J connectivity index is 1.93. The number of hydrogen-bond acceptors (Lipinski definition) is 3. The van der Waals surface area contributed by atoms with Crippen LogP contribution in [0.4, 0.5) is 18.9 Å². The first-order valence-corrected chi connectivity index (χ1v) is 8.96. The lowest BCUT2D eigenvalue weighted by atomic mass is 10.1. The molecule has 0 spiro atoms. The van der Waals surface area contributed by atoms with Crippen molar-refractivity contribution < 1.29 is 27.5 Å². The monoisotopic (exact) mass is 428 g/mol. The fourth-order valence-corrected chi connectivity index (χ4v) is 2.68. The summed E-state index contributed by atoms with van der Waals surface area (Å²) in [5.74, 6) is -0.534. The van der Waals surface area contributed by atoms with Crippen LogP contribution in [0, 0.1) is 13.8 Å². The minimum atomic E-state index is -4.64. The summed E-state index contributed by atoms with van der Waals surface area (Å²) in [6, 6.07) is 8.50. The van der Waals surface area contributed by atoms with Crippen LogP contribution in [0.5, 0.6) is 5.75 Å². The van der Waals surface area contributed by atoms with E-state index in [0.29, 0.717) is 5.75 Å². The molecule has 0 bridgehead atoms. The molecular weight excluding hydrogens is 409 g/mol. The number of amides is 2. The molecule has 2 aromatic rings. The minimum Gasteiger partial charge on any atom is -0.483 e. The largest absolute Gasteiger partial charge is 0.483 e. The van der Waals surface area contributed by atoms with Crippen LogP contribution in [0.1, 0.15) is 16.7 Å². The molecule has 0 radical (unpaired) electrons. The van der Waals surface area contributed by atoms with Crippen LogP contribution >= 0.6 is 11.6 Å². The van der Waals surface area contributed by atoms with E-state index < -0.39 is 28.6 Å². The van der Waals surface area contributed by atoms with Crippen LogP contribution < -0.4 is 10.1 Å². The maximum atomic E-state index is 12.9. The highest BCUT2D eigenvalue weighted by Crippen LogP contribution is 2.36. The van der Waals surface area contributed by atoms with Crippen LogP contribution in [0.15, 0.2) is 36.4 Å². The summed E-state index contributed by atoms with van der Waals surface area (Å²) in [4.78, 5) is 25.4. The molecule has 0 aromatic heterocycles. The van der Waals surface area contributed by atoms with Crippen LogP contribution in [0.25, 0.3) is 0 Å². The standard InChI is InChI=1S/C20H20ClF3N2O3/c1-12-5-4-6-17(13(12)2)29-11-19(28)26(3)10-18(27)25-14-7-8-16(21)15(9-14)20(22,23)24/h4-9H,10-11H2,1-3H3,(H,25,27). The normalized spacial score (nSPS) is 11.1. The fourth-order valence-electron chi connectivity index (χ4n) is 2.45. The third-order valence-corrected chi connectivity index (χ3v) is 4.60. The fraction of sp³-hybridized carbons (Fsp3) is 0.300. The van der Waals surface area contributed by atoms with Crippen molar-refractivity contribution in [3.05, 3.63) is 58.1 Å². The first-order valence-electron chi connectivity index (χ1n) is 8.58. The molecule has 0 aliphatic heterocycles. The van der Waals surface area contributed by atoms with E-state index in [4.69, 9.17) is 16.3 Å². The summed E-state index contributed by atoms with van der Waals surface area (Å²) >= 11 is 5.55. The molecule has 29 heavy (non-hydrogen) atoms. The number of carbonyl (C=O) groups excluding carboxylic acids is 2. The van der Waals surface area contributed by atoms with Crippen molar-refractivity contribution >= 4 is 29.1 Å². The number of benzene rings is 2. The molecule has 0 aliphatic rings. The molecular formula is C20H20ClF3N2O3. The molecule has 2 amide bonds. The molecule has 156 valence electrons. The first-order chi connectivity index (χ1) is 13.5. The number of hydrogen-bond donors (Lipinski definition) is 1. The Labute approximate surface area is 171 Å². The lowest BCUT2D eigenvalue weighted by Gasteiger charge is -2.18. The van der Waals surface area contributed by atoms with Gasteiger partial charge >= 0.3 is 6.18 Å². The molecule has 2 rings (SSSR count). The maximum Gasteiger partial charge on any atom is 0.417 e. The number of likely N-dealkylation sites (N-methyl/N-ethyl adjacent to an activating group) is 1. The molecule has 0 heterocycles. The maximum absolute atomic E-state index is 12.9. The highest BCUT2D eigenvalue weighted by Gasteiger charge is 2.33. The molecule has 0 atom stereocenters. The zero-order valence-electron chi connectivity index (χ0n) is 16.1. The number of alkyl halides is 3. The molecule has 1 N–H and O–H groups in total. The molecule has 2 aromatic carbocycles. The zero-order valence-corrected chi connectivity index (χ0v) is 16.8. The Morgan fingerprint density at radius 2 is 1.86 bits per heavy atom. The van der Waals surface area contributed by atoms with Gasteiger partial charge in [0.1, 0.15) is 5.75 Å². The van der Waals surface area contributed by atoms with E-state index in [2.05, 4.69) is 5.32 Å². The predicted octanol–water partition coefficient (Wildman–Crippen LogP) is 4.45.